The van der Waals surface area contributed by atoms with E-state index < -0.39 is 0 Å². The van der Waals surface area contributed by atoms with Crippen LogP contribution < -0.4 is 5.32 Å². The quantitative estimate of drug-likeness (QED) is 0.272. The summed E-state index contributed by atoms with van der Waals surface area (Å²) in [4.78, 5) is 9.32. The minimum atomic E-state index is -0.233. The summed E-state index contributed by atoms with van der Waals surface area (Å²) in [5.41, 5.74) is 5.11. The summed E-state index contributed by atoms with van der Waals surface area (Å²) in [6.45, 7) is 3.84. The number of hydrogen-bond donors (Lipinski definition) is 2. The predicted octanol–water partition coefficient (Wildman–Crippen LogP) is 4.76. The molecular weight excluding hydrogens is 711 g/mol. The Balaban J connectivity index is 0.000000274. The minimum Gasteiger partial charge on any atom is -0.392 e. The Kier molecular flexibility index (Phi) is 8.70. The molecule has 0 radical (unpaired) electrons. The molecule has 3 aliphatic rings. The second kappa shape index (κ2) is 11.2. The Morgan fingerprint density at radius 1 is 1.13 bits per heavy atom. The van der Waals surface area contributed by atoms with E-state index in [0.29, 0.717) is 11.8 Å². The number of aliphatic imine (C=N–C) groups is 2. The van der Waals surface area contributed by atoms with Crippen LogP contribution in [0.25, 0.3) is 0 Å². The third-order valence-electron chi connectivity index (χ3n) is 4.83. The van der Waals surface area contributed by atoms with Crippen LogP contribution in [0.15, 0.2) is 88.1 Å². The molecule has 0 aromatic heterocycles. The van der Waals surface area contributed by atoms with E-state index in [1.165, 1.54) is 0 Å². The maximum Gasteiger partial charge on any atom is 2.00 e. The second-order valence-corrected chi connectivity index (χ2v) is 9.27. The van der Waals surface area contributed by atoms with Gasteiger partial charge in [-0.2, -0.15) is 48.9 Å². The zero-order valence-electron chi connectivity index (χ0n) is 16.4. The van der Waals surface area contributed by atoms with Gasteiger partial charge in [-0.25, -0.2) is 4.99 Å². The van der Waals surface area contributed by atoms with E-state index in [2.05, 4.69) is 33.4 Å². The van der Waals surface area contributed by atoms with Crippen molar-refractivity contribution < 1.29 is 36.2 Å². The molecule has 0 amide bonds. The minimum absolute atomic E-state index is 0. The van der Waals surface area contributed by atoms with Crippen molar-refractivity contribution in [2.75, 3.05) is 11.9 Å². The average molecular weight is 733 g/mol. The first-order valence-corrected chi connectivity index (χ1v) is 11.8. The first-order valence-electron chi connectivity index (χ1n) is 9.49. The van der Waals surface area contributed by atoms with E-state index >= 15 is 0 Å². The normalized spacial score (nSPS) is 21.0. The number of rotatable bonds is 3. The molecule has 1 aliphatic carbocycles. The van der Waals surface area contributed by atoms with Gasteiger partial charge in [0.05, 0.1) is 18.0 Å². The third-order valence-corrected chi connectivity index (χ3v) is 6.65. The van der Waals surface area contributed by atoms with Crippen molar-refractivity contribution in [3.05, 3.63) is 96.7 Å². The van der Waals surface area contributed by atoms with Crippen molar-refractivity contribution >= 4 is 40.0 Å². The fourth-order valence-corrected chi connectivity index (χ4v) is 4.95. The number of allylic oxidation sites excluding steroid dienone is 2. The van der Waals surface area contributed by atoms with Gasteiger partial charge in [-0.15, -0.1) is 18.2 Å². The topological polar surface area (TPSA) is 57.0 Å². The maximum absolute atomic E-state index is 9.30. The Morgan fingerprint density at radius 3 is 2.60 bits per heavy atom. The number of hydrogen-bond acceptors (Lipinski definition) is 4. The van der Waals surface area contributed by atoms with Crippen LogP contribution in [-0.2, 0) is 0 Å². The Bertz CT molecular complexity index is 1010. The van der Waals surface area contributed by atoms with Gasteiger partial charge in [0.1, 0.15) is 0 Å². The number of amidine groups is 1. The standard InChI is InChI=1S/C17H15IN3O.C7H7.U/c22-10-11-9-19-16(14-8-13(11)14)15-6-7-18-17(21-15)20-12-4-2-1-3-5-12;1-7-5-3-2-4-6-7;/h1-4,6-7,9,13-14,22H,8,10H2,(H,20,21);2-6H,1H2;/q2*-1;+2. The Hall–Kier alpha value is -1.46. The van der Waals surface area contributed by atoms with E-state index in [-0.39, 0.29) is 58.5 Å². The van der Waals surface area contributed by atoms with Gasteiger partial charge in [-0.1, -0.05) is 11.8 Å². The molecule has 6 heteroatoms. The Morgan fingerprint density at radius 2 is 1.93 bits per heavy atom. The van der Waals surface area contributed by atoms with Gasteiger partial charge in [-0.3, -0.25) is 4.99 Å². The fourth-order valence-electron chi connectivity index (χ4n) is 3.24. The number of para-hydroxylation sites is 1. The summed E-state index contributed by atoms with van der Waals surface area (Å²) in [6, 6.07) is 20.9. The zero-order valence-corrected chi connectivity index (χ0v) is 22.7. The number of anilines is 1. The monoisotopic (exact) mass is 733 g/mol. The molecule has 2 unspecified atom stereocenters. The van der Waals surface area contributed by atoms with Gasteiger partial charge in [-0.05, 0) is 48.7 Å². The summed E-state index contributed by atoms with van der Waals surface area (Å²) >= 11 is -0.233. The SMILES string of the molecule is OCC1=CN=C(C2=CC=IC(Nc3[c-]cccc3)=N2)C2CC12.[CH2-]c1ccccc1.[U+2]. The molecule has 0 bridgehead atoms. The van der Waals surface area contributed by atoms with Gasteiger partial charge >= 0.3 is 31.1 Å². The number of aliphatic hydroxyl groups is 1. The van der Waals surface area contributed by atoms with Crippen LogP contribution in [0.4, 0.5) is 5.69 Å². The number of nitrogens with one attached hydrogen (secondary N) is 1. The largest absolute Gasteiger partial charge is 2.00 e. The number of nitrogens with zero attached hydrogens (tertiary/aromatic N) is 2. The molecule has 2 heterocycles. The molecule has 30 heavy (non-hydrogen) atoms. The van der Waals surface area contributed by atoms with Crippen LogP contribution in [0.2, 0.25) is 0 Å². The van der Waals surface area contributed by atoms with E-state index in [1.807, 2.05) is 60.8 Å². The maximum atomic E-state index is 9.30. The van der Waals surface area contributed by atoms with Crippen molar-refractivity contribution in [3.8, 4) is 0 Å². The third kappa shape index (κ3) is 6.04. The second-order valence-electron chi connectivity index (χ2n) is 6.90. The van der Waals surface area contributed by atoms with Crippen molar-refractivity contribution in [1.82, 2.24) is 0 Å². The first-order chi connectivity index (χ1) is 14.2. The summed E-state index contributed by atoms with van der Waals surface area (Å²) in [5, 5.41) is 12.7. The Labute approximate surface area is 211 Å². The molecule has 0 spiro atoms. The van der Waals surface area contributed by atoms with Crippen molar-refractivity contribution in [2.24, 2.45) is 21.8 Å². The van der Waals surface area contributed by atoms with E-state index in [1.54, 1.807) is 0 Å². The van der Waals surface area contributed by atoms with E-state index in [9.17, 15) is 5.11 Å². The summed E-state index contributed by atoms with van der Waals surface area (Å²) in [6.07, 6.45) is 5.00. The number of fused-ring (bicyclic) bond motifs is 1. The number of aliphatic hydroxyl groups excluding tert-OH is 1. The van der Waals surface area contributed by atoms with Crippen LogP contribution in [0, 0.1) is 55.9 Å². The average Bonchev–Trinajstić information content (AvgIpc) is 3.56. The van der Waals surface area contributed by atoms with Crippen molar-refractivity contribution in [3.63, 3.8) is 0 Å². The van der Waals surface area contributed by atoms with Crippen LogP contribution in [-0.4, -0.2) is 25.3 Å². The van der Waals surface area contributed by atoms with Gasteiger partial charge in [0.2, 0.25) is 0 Å². The molecule has 0 saturated heterocycles. The van der Waals surface area contributed by atoms with Crippen LogP contribution in [0.1, 0.15) is 12.0 Å². The molecule has 150 valence electrons. The smallest absolute Gasteiger partial charge is 0.392 e. The van der Waals surface area contributed by atoms with Crippen LogP contribution in [0.3, 0.4) is 0 Å². The van der Waals surface area contributed by atoms with E-state index in [4.69, 9.17) is 4.99 Å². The summed E-state index contributed by atoms with van der Waals surface area (Å²) < 4.78 is 3.24. The summed E-state index contributed by atoms with van der Waals surface area (Å²) in [7, 11) is 0. The van der Waals surface area contributed by atoms with E-state index in [0.717, 1.165) is 38.5 Å². The molecule has 2 aliphatic heterocycles. The molecule has 1 fully saturated rings. The molecular formula is C24H22IN3OU. The summed E-state index contributed by atoms with van der Waals surface area (Å²) in [5.74, 6) is 0.917. The first kappa shape index (κ1) is 23.2. The van der Waals surface area contributed by atoms with Crippen molar-refractivity contribution in [1.29, 1.82) is 0 Å². The van der Waals surface area contributed by atoms with Gasteiger partial charge in [0.15, 0.2) is 3.84 Å². The molecule has 2 aromatic carbocycles. The molecule has 2 atom stereocenters. The predicted molar refractivity (Wildman–Crippen MR) is 130 cm³/mol. The fraction of sp³-hybridized carbons (Fsp3) is 0.167. The molecule has 2 aromatic rings. The number of halogens is 1. The zero-order chi connectivity index (χ0) is 20.1. The van der Waals surface area contributed by atoms with Gasteiger partial charge in [0.25, 0.3) is 0 Å². The molecule has 5 rings (SSSR count). The number of benzene rings is 2. The molecule has 4 nitrogen and oxygen atoms in total. The van der Waals surface area contributed by atoms with Gasteiger partial charge < -0.3 is 10.4 Å². The van der Waals surface area contributed by atoms with Crippen LogP contribution in [0.5, 0.6) is 0 Å². The molecule has 1 saturated carbocycles. The van der Waals surface area contributed by atoms with Gasteiger partial charge in [0, 0.05) is 12.1 Å². The molecule has 2 N–H and O–H groups in total. The van der Waals surface area contributed by atoms with Crippen LogP contribution >= 0.6 is 20.7 Å². The van der Waals surface area contributed by atoms with Crippen molar-refractivity contribution in [2.45, 2.75) is 6.42 Å².